The lowest BCUT2D eigenvalue weighted by Crippen LogP contribution is -2.02. The van der Waals surface area contributed by atoms with E-state index >= 15 is 0 Å². The summed E-state index contributed by atoms with van der Waals surface area (Å²) in [5.41, 5.74) is 12.4. The first-order valence-corrected chi connectivity index (χ1v) is 21.6. The van der Waals surface area contributed by atoms with Gasteiger partial charge in [-0.25, -0.2) is 0 Å². The Morgan fingerprint density at radius 3 is 1.10 bits per heavy atom. The molecule has 0 spiro atoms. The first-order valence-electron chi connectivity index (χ1n) is 15.9. The van der Waals surface area contributed by atoms with Crippen LogP contribution >= 0.6 is 0 Å². The third-order valence-corrected chi connectivity index (χ3v) is 12.1. The Morgan fingerprint density at radius 2 is 0.810 bits per heavy atom. The quantitative estimate of drug-likeness (QED) is 0.0427. The number of nitrogen functional groups attached to an aromatic ring is 2. The molecule has 0 saturated heterocycles. The van der Waals surface area contributed by atoms with Gasteiger partial charge in [0.25, 0.3) is 40.5 Å². The van der Waals surface area contributed by atoms with Gasteiger partial charge in [0, 0.05) is 22.1 Å². The lowest BCUT2D eigenvalue weighted by atomic mass is 10.0. The van der Waals surface area contributed by atoms with Crippen LogP contribution in [0.15, 0.2) is 113 Å². The second kappa shape index (κ2) is 14.4. The van der Waals surface area contributed by atoms with E-state index in [1.807, 2.05) is 0 Å². The smallest absolute Gasteiger partial charge is 0.296 e. The number of anilines is 2. The number of aromatic hydroxyl groups is 2. The Hall–Kier alpha value is -6.12. The van der Waals surface area contributed by atoms with Crippen LogP contribution in [0.5, 0.6) is 11.5 Å². The van der Waals surface area contributed by atoms with Crippen LogP contribution < -0.4 is 11.5 Å². The zero-order valence-electron chi connectivity index (χ0n) is 29.5. The van der Waals surface area contributed by atoms with Crippen molar-refractivity contribution in [1.29, 1.82) is 0 Å². The minimum atomic E-state index is -5.08. The van der Waals surface area contributed by atoms with Crippen molar-refractivity contribution in [2.45, 2.75) is 33.4 Å². The van der Waals surface area contributed by atoms with Crippen LogP contribution in [-0.2, 0) is 40.5 Å². The maximum Gasteiger partial charge on any atom is 0.296 e. The normalized spacial score (nSPS) is 13.0. The third-order valence-electron chi connectivity index (χ3n) is 8.70. The molecule has 0 saturated carbocycles. The van der Waals surface area contributed by atoms with E-state index in [4.69, 9.17) is 11.5 Å². The number of hydrogen-bond acceptors (Lipinski definition) is 16. The fraction of sp³-hybridized carbons (Fsp3) is 0.0588. The molecule has 6 aromatic carbocycles. The summed E-state index contributed by atoms with van der Waals surface area (Å²) in [6, 6.07) is 14.6. The molecule has 0 aliphatic carbocycles. The van der Waals surface area contributed by atoms with Gasteiger partial charge in [0.1, 0.15) is 21.2 Å². The second-order valence-electron chi connectivity index (χ2n) is 12.7. The number of nitrogens with two attached hydrogens (primary N) is 2. The number of nitrogens with zero attached hydrogens (tertiary/aromatic N) is 4. The Kier molecular flexibility index (Phi) is 10.3. The van der Waals surface area contributed by atoms with Gasteiger partial charge in [-0.15, -0.1) is 10.2 Å². The lowest BCUT2D eigenvalue weighted by molar-refractivity contribution is 0.471. The van der Waals surface area contributed by atoms with E-state index in [0.717, 1.165) is 36.4 Å². The van der Waals surface area contributed by atoms with Gasteiger partial charge < -0.3 is 21.7 Å². The van der Waals surface area contributed by atoms with Crippen molar-refractivity contribution in [1.82, 2.24) is 0 Å². The van der Waals surface area contributed by atoms with Crippen molar-refractivity contribution in [3.63, 3.8) is 0 Å². The van der Waals surface area contributed by atoms with Crippen LogP contribution in [0.2, 0.25) is 0 Å². The third kappa shape index (κ3) is 8.02. The van der Waals surface area contributed by atoms with Crippen LogP contribution in [0.4, 0.5) is 34.1 Å². The Labute approximate surface area is 328 Å². The number of hydrogen-bond donors (Lipinski definition) is 8. The van der Waals surface area contributed by atoms with Gasteiger partial charge in [-0.1, -0.05) is 12.1 Å². The molecule has 6 rings (SSSR count). The Balaban J connectivity index is 1.34. The van der Waals surface area contributed by atoms with Crippen molar-refractivity contribution >= 4 is 96.1 Å². The summed E-state index contributed by atoms with van der Waals surface area (Å²) in [6.07, 6.45) is 0. The van der Waals surface area contributed by atoms with E-state index in [9.17, 15) is 62.1 Å². The van der Waals surface area contributed by atoms with E-state index in [1.165, 1.54) is 12.1 Å². The maximum absolute atomic E-state index is 12.3. The first kappa shape index (κ1) is 41.5. The molecule has 20 nitrogen and oxygen atoms in total. The van der Waals surface area contributed by atoms with E-state index in [2.05, 4.69) is 20.5 Å². The fourth-order valence-corrected chi connectivity index (χ4v) is 8.39. The fourth-order valence-electron chi connectivity index (χ4n) is 5.97. The van der Waals surface area contributed by atoms with E-state index in [1.54, 1.807) is 38.1 Å². The van der Waals surface area contributed by atoms with Gasteiger partial charge in [-0.2, -0.15) is 43.9 Å². The van der Waals surface area contributed by atoms with Gasteiger partial charge in [0.05, 0.1) is 21.2 Å². The number of rotatable bonds is 9. The monoisotopic (exact) mass is 872 g/mol. The number of phenols is 2. The minimum Gasteiger partial charge on any atom is -0.505 e. The van der Waals surface area contributed by atoms with Crippen molar-refractivity contribution < 1.29 is 62.1 Å². The van der Waals surface area contributed by atoms with Crippen LogP contribution in [0.25, 0.3) is 32.7 Å². The van der Waals surface area contributed by atoms with E-state index in [-0.39, 0.29) is 44.3 Å². The number of fused-ring (bicyclic) bond motifs is 2. The van der Waals surface area contributed by atoms with Crippen molar-refractivity contribution in [3.05, 3.63) is 83.9 Å². The lowest BCUT2D eigenvalue weighted by Gasteiger charge is -2.12. The highest BCUT2D eigenvalue weighted by Crippen LogP contribution is 2.46. The predicted octanol–water partition coefficient (Wildman–Crippen LogP) is 6.67. The molecule has 24 heteroatoms. The second-order valence-corrected chi connectivity index (χ2v) is 18.3. The van der Waals surface area contributed by atoms with Gasteiger partial charge in [0.2, 0.25) is 0 Å². The molecule has 0 amide bonds. The molecule has 302 valence electrons. The van der Waals surface area contributed by atoms with Crippen molar-refractivity contribution in [2.75, 3.05) is 11.5 Å². The van der Waals surface area contributed by atoms with Gasteiger partial charge in [0.15, 0.2) is 11.5 Å². The Bertz CT molecular complexity index is 3080. The Morgan fingerprint density at radius 1 is 0.466 bits per heavy atom. The zero-order chi connectivity index (χ0) is 42.9. The standard InChI is InChI=1S/C34H28N6O14S4/c1-15-7-17(3-5-25(15)37-39-31-27(57(49,50)51)11-19-9-21(55(43,44)45)13-23(35)29(19)33(31)41)18-4-6-26(16(2)8-18)38-40-32-28(58(52,53)54)12-20-10-22(56(46,47)48)14-24(36)30(20)34(32)42/h3-14,41-42H,35-36H2,1-2H3,(H,43,44,45)(H,46,47,48)(H,49,50,51)(H,52,53,54)/b39-37+,40-38+. The average Bonchev–Trinajstić information content (AvgIpc) is 3.09. The highest BCUT2D eigenvalue weighted by molar-refractivity contribution is 7.86. The summed E-state index contributed by atoms with van der Waals surface area (Å²) in [5.74, 6) is -1.70. The minimum absolute atomic E-state index is 0.195. The van der Waals surface area contributed by atoms with Gasteiger partial charge in [-0.3, -0.25) is 18.2 Å². The highest BCUT2D eigenvalue weighted by Gasteiger charge is 2.26. The first-order chi connectivity index (χ1) is 26.8. The molecule has 58 heavy (non-hydrogen) atoms. The summed E-state index contributed by atoms with van der Waals surface area (Å²) < 4.78 is 134. The van der Waals surface area contributed by atoms with Crippen LogP contribution in [0.3, 0.4) is 0 Å². The zero-order valence-corrected chi connectivity index (χ0v) is 32.7. The summed E-state index contributed by atoms with van der Waals surface area (Å²) in [4.78, 5) is -3.25. The number of phenolic OH excluding ortho intramolecular Hbond substituents is 2. The molecule has 6 aromatic rings. The summed E-state index contributed by atoms with van der Waals surface area (Å²) in [5, 5.41) is 36.9. The molecule has 0 heterocycles. The molecule has 0 aliphatic rings. The average molecular weight is 873 g/mol. The van der Waals surface area contributed by atoms with Crippen LogP contribution in [0, 0.1) is 13.8 Å². The van der Waals surface area contributed by atoms with E-state index in [0.29, 0.717) is 22.3 Å². The summed E-state index contributed by atoms with van der Waals surface area (Å²) in [6.45, 7) is 3.29. The summed E-state index contributed by atoms with van der Waals surface area (Å²) in [7, 11) is -19.7. The number of azo groups is 2. The summed E-state index contributed by atoms with van der Waals surface area (Å²) >= 11 is 0. The van der Waals surface area contributed by atoms with Crippen molar-refractivity contribution in [2.24, 2.45) is 20.5 Å². The molecule has 0 aromatic heterocycles. The molecule has 0 bridgehead atoms. The predicted molar refractivity (Wildman–Crippen MR) is 209 cm³/mol. The molecule has 0 unspecified atom stereocenters. The number of benzene rings is 6. The van der Waals surface area contributed by atoms with Crippen LogP contribution in [0.1, 0.15) is 11.1 Å². The topological polar surface area (TPSA) is 359 Å². The SMILES string of the molecule is Cc1cc(-c2ccc(/N=N/c3c(S(=O)(=O)O)cc4cc(S(=O)(=O)O)cc(N)c4c3O)c(C)c2)ccc1/N=N/c1c(S(=O)(=O)O)cc2cc(S(=O)(=O)O)cc(N)c2c1O. The molecular weight excluding hydrogens is 845 g/mol. The maximum atomic E-state index is 12.3. The largest absolute Gasteiger partial charge is 0.505 e. The molecular formula is C34H28N6O14S4. The number of aryl methyl sites for hydroxylation is 2. The van der Waals surface area contributed by atoms with Gasteiger partial charge in [-0.05, 0) is 108 Å². The van der Waals surface area contributed by atoms with Crippen molar-refractivity contribution in [3.8, 4) is 22.6 Å². The molecule has 0 fully saturated rings. The molecule has 0 aliphatic heterocycles. The molecule has 0 atom stereocenters. The van der Waals surface area contributed by atoms with Gasteiger partial charge >= 0.3 is 0 Å². The van der Waals surface area contributed by atoms with Crippen LogP contribution in [-0.4, -0.2) is 62.1 Å². The van der Waals surface area contributed by atoms with E-state index < -0.39 is 82.9 Å². The highest BCUT2D eigenvalue weighted by atomic mass is 32.2. The molecule has 10 N–H and O–H groups in total. The molecule has 0 radical (unpaired) electrons.